The van der Waals surface area contributed by atoms with Crippen LogP contribution >= 0.6 is 0 Å². The number of carbonyl (C=O) groups is 2. The minimum atomic E-state index is -4.56. The lowest BCUT2D eigenvalue weighted by Gasteiger charge is -2.48. The van der Waals surface area contributed by atoms with Crippen molar-refractivity contribution < 1.29 is 27.3 Å². The number of aryl methyl sites for hydroxylation is 1. The number of fused-ring (bicyclic) bond motifs is 1. The standard InChI is InChI=1S/C26H26F3N3O2.C9H13NO/c1-3-23(33)31-15-25(16-31)9-10-30(14-25)17(2)18-11-20-21(22(12-18)26(27,28)29)13-32(24(20)34)19-7-5-4-6-8-19;1-6-3-8(4-6)9-7(2)5-11-10-9/h3-8,11-12,17H,1,9-10,13-16H2,2H3;5-6,8H,3-4H2,1-2H3. The molecule has 1 unspecified atom stereocenters. The second-order valence-electron chi connectivity index (χ2n) is 13.3. The number of nitrogens with zero attached hydrogens (tertiary/aromatic N) is 4. The van der Waals surface area contributed by atoms with Crippen molar-refractivity contribution in [3.8, 4) is 0 Å². The molecule has 2 aromatic carbocycles. The molecule has 1 spiro atoms. The Kier molecular flexibility index (Phi) is 8.14. The van der Waals surface area contributed by atoms with Crippen LogP contribution in [0.5, 0.6) is 0 Å². The van der Waals surface area contributed by atoms with Crippen LogP contribution in [0.4, 0.5) is 18.9 Å². The highest BCUT2D eigenvalue weighted by Gasteiger charge is 2.50. The zero-order chi connectivity index (χ0) is 32.1. The molecule has 0 N–H and O–H groups in total. The van der Waals surface area contributed by atoms with Crippen LogP contribution in [0.3, 0.4) is 0 Å². The number of likely N-dealkylation sites (tertiary alicyclic amines) is 2. The molecule has 1 atom stereocenters. The van der Waals surface area contributed by atoms with Crippen LogP contribution in [0, 0.1) is 18.3 Å². The van der Waals surface area contributed by atoms with Gasteiger partial charge in [-0.15, -0.1) is 0 Å². The van der Waals surface area contributed by atoms with Crippen LogP contribution in [0.15, 0.2) is 65.9 Å². The van der Waals surface area contributed by atoms with Gasteiger partial charge < -0.3 is 14.3 Å². The van der Waals surface area contributed by atoms with E-state index in [1.165, 1.54) is 41.1 Å². The zero-order valence-electron chi connectivity index (χ0n) is 25.9. The first kappa shape index (κ1) is 31.1. The molecule has 3 aliphatic heterocycles. The summed E-state index contributed by atoms with van der Waals surface area (Å²) < 4.78 is 47.1. The Hall–Kier alpha value is -3.92. The number of amides is 2. The molecule has 2 amide bonds. The van der Waals surface area contributed by atoms with Crippen molar-refractivity contribution in [2.24, 2.45) is 11.3 Å². The molecule has 3 aromatic rings. The molecule has 0 radical (unpaired) electrons. The van der Waals surface area contributed by atoms with Crippen molar-refractivity contribution in [1.82, 2.24) is 15.0 Å². The Bertz CT molecular complexity index is 1590. The summed E-state index contributed by atoms with van der Waals surface area (Å²) >= 11 is 0. The summed E-state index contributed by atoms with van der Waals surface area (Å²) in [5, 5.41) is 4.00. The molecule has 0 bridgehead atoms. The predicted molar refractivity (Wildman–Crippen MR) is 165 cm³/mol. The molecule has 4 aliphatic rings. The molecule has 1 aromatic heterocycles. The summed E-state index contributed by atoms with van der Waals surface area (Å²) in [6.07, 6.45) is 1.94. The van der Waals surface area contributed by atoms with Crippen LogP contribution in [0.1, 0.15) is 83.4 Å². The van der Waals surface area contributed by atoms with E-state index >= 15 is 0 Å². The van der Waals surface area contributed by atoms with E-state index < -0.39 is 17.6 Å². The van der Waals surface area contributed by atoms with E-state index in [1.807, 2.05) is 6.92 Å². The van der Waals surface area contributed by atoms with Gasteiger partial charge in [-0.25, -0.2) is 0 Å². The van der Waals surface area contributed by atoms with Gasteiger partial charge in [-0.05, 0) is 87.0 Å². The summed E-state index contributed by atoms with van der Waals surface area (Å²) in [6.45, 7) is 12.4. The van der Waals surface area contributed by atoms with Crippen molar-refractivity contribution in [2.45, 2.75) is 64.7 Å². The number of halogens is 3. The van der Waals surface area contributed by atoms with Crippen LogP contribution in [0.25, 0.3) is 0 Å². The first-order valence-corrected chi connectivity index (χ1v) is 15.6. The van der Waals surface area contributed by atoms with E-state index in [0.717, 1.165) is 18.9 Å². The Morgan fingerprint density at radius 2 is 1.87 bits per heavy atom. The molecule has 2 saturated heterocycles. The van der Waals surface area contributed by atoms with Crippen LogP contribution < -0.4 is 4.90 Å². The summed E-state index contributed by atoms with van der Waals surface area (Å²) in [4.78, 5) is 30.3. The average molecular weight is 621 g/mol. The second kappa shape index (κ2) is 11.8. The smallest absolute Gasteiger partial charge is 0.364 e. The highest BCUT2D eigenvalue weighted by Crippen LogP contribution is 2.45. The summed E-state index contributed by atoms with van der Waals surface area (Å²) in [6, 6.07) is 11.3. The van der Waals surface area contributed by atoms with Gasteiger partial charge in [0, 0.05) is 53.8 Å². The van der Waals surface area contributed by atoms with Crippen molar-refractivity contribution in [3.05, 3.63) is 94.9 Å². The number of aromatic nitrogens is 1. The minimum Gasteiger partial charge on any atom is -0.364 e. The number of alkyl halides is 3. The zero-order valence-corrected chi connectivity index (χ0v) is 25.9. The highest BCUT2D eigenvalue weighted by atomic mass is 19.4. The average Bonchev–Trinajstić information content (AvgIpc) is 3.71. The van der Waals surface area contributed by atoms with Gasteiger partial charge in [-0.2, -0.15) is 13.2 Å². The van der Waals surface area contributed by atoms with Gasteiger partial charge in [0.05, 0.1) is 17.8 Å². The van der Waals surface area contributed by atoms with Gasteiger partial charge in [0.1, 0.15) is 6.26 Å². The molecule has 1 saturated carbocycles. The third-order valence-electron chi connectivity index (χ3n) is 10.0. The minimum absolute atomic E-state index is 0.0174. The number of carbonyl (C=O) groups excluding carboxylic acids is 2. The maximum atomic E-state index is 14.1. The van der Waals surface area contributed by atoms with Gasteiger partial charge in [0.25, 0.3) is 5.91 Å². The van der Waals surface area contributed by atoms with E-state index in [-0.39, 0.29) is 35.0 Å². The quantitative estimate of drug-likeness (QED) is 0.284. The van der Waals surface area contributed by atoms with Gasteiger partial charge in [-0.1, -0.05) is 36.9 Å². The van der Waals surface area contributed by atoms with Crippen LogP contribution in [-0.4, -0.2) is 52.9 Å². The van der Waals surface area contributed by atoms with E-state index in [0.29, 0.717) is 36.8 Å². The Labute approximate surface area is 261 Å². The van der Waals surface area contributed by atoms with Crippen molar-refractivity contribution in [1.29, 1.82) is 0 Å². The predicted octanol–water partition coefficient (Wildman–Crippen LogP) is 7.14. The largest absolute Gasteiger partial charge is 0.416 e. The molecule has 45 heavy (non-hydrogen) atoms. The number of anilines is 1. The fraction of sp³-hybridized carbons (Fsp3) is 0.457. The summed E-state index contributed by atoms with van der Waals surface area (Å²) in [7, 11) is 0. The Morgan fingerprint density at radius 3 is 2.47 bits per heavy atom. The number of hydrogen-bond donors (Lipinski definition) is 0. The summed E-state index contributed by atoms with van der Waals surface area (Å²) in [5.41, 5.74) is 2.87. The maximum absolute atomic E-state index is 14.1. The first-order valence-electron chi connectivity index (χ1n) is 15.6. The van der Waals surface area contributed by atoms with E-state index in [9.17, 15) is 22.8 Å². The van der Waals surface area contributed by atoms with Crippen molar-refractivity contribution in [3.63, 3.8) is 0 Å². The normalized spacial score (nSPS) is 22.8. The van der Waals surface area contributed by atoms with Gasteiger partial charge >= 0.3 is 6.18 Å². The molecule has 4 heterocycles. The molecule has 1 aliphatic carbocycles. The molecule has 7 rings (SSSR count). The lowest BCUT2D eigenvalue weighted by atomic mass is 9.74. The number of benzene rings is 2. The van der Waals surface area contributed by atoms with E-state index in [2.05, 4.69) is 30.5 Å². The highest BCUT2D eigenvalue weighted by molar-refractivity contribution is 6.10. The molecule has 238 valence electrons. The fourth-order valence-corrected chi connectivity index (χ4v) is 7.38. The third-order valence-corrected chi connectivity index (χ3v) is 10.0. The fourth-order valence-electron chi connectivity index (χ4n) is 7.38. The molecular formula is C35H39F3N4O3. The monoisotopic (exact) mass is 620 g/mol. The first-order chi connectivity index (χ1) is 21.4. The topological polar surface area (TPSA) is 69.9 Å². The van der Waals surface area contributed by atoms with Crippen molar-refractivity contribution in [2.75, 3.05) is 31.1 Å². The molecule has 3 fully saturated rings. The van der Waals surface area contributed by atoms with Crippen molar-refractivity contribution >= 4 is 17.5 Å². The number of para-hydroxylation sites is 1. The number of hydrogen-bond acceptors (Lipinski definition) is 5. The van der Waals surface area contributed by atoms with Crippen LogP contribution in [0.2, 0.25) is 0 Å². The van der Waals surface area contributed by atoms with E-state index in [4.69, 9.17) is 4.52 Å². The Balaban J connectivity index is 0.000000272. The summed E-state index contributed by atoms with van der Waals surface area (Å²) in [5.74, 6) is 1.07. The van der Waals surface area contributed by atoms with E-state index in [1.54, 1.807) is 47.6 Å². The van der Waals surface area contributed by atoms with Gasteiger partial charge in [0.2, 0.25) is 5.91 Å². The lowest BCUT2D eigenvalue weighted by molar-refractivity contribution is -0.138. The Morgan fingerprint density at radius 1 is 1.16 bits per heavy atom. The van der Waals surface area contributed by atoms with Crippen LogP contribution in [-0.2, 0) is 17.5 Å². The molecule has 7 nitrogen and oxygen atoms in total. The van der Waals surface area contributed by atoms with Gasteiger partial charge in [0.15, 0.2) is 0 Å². The second-order valence-corrected chi connectivity index (χ2v) is 13.3. The lowest BCUT2D eigenvalue weighted by Crippen LogP contribution is -2.59. The number of rotatable bonds is 5. The molecular weight excluding hydrogens is 581 g/mol. The van der Waals surface area contributed by atoms with Gasteiger partial charge in [-0.3, -0.25) is 14.5 Å². The third kappa shape index (κ3) is 5.92. The SMILES string of the molecule is C=CC(=O)N1CC2(CCN(C(C)c3cc4c(c(C(F)(F)F)c3)CN(c3ccccc3)C4=O)C2)C1.Cc1conc1C1CC(C)C1. The maximum Gasteiger partial charge on any atom is 0.416 e. The molecule has 10 heteroatoms.